The molecule has 8 heteroatoms. The van der Waals surface area contributed by atoms with Crippen molar-refractivity contribution in [1.29, 1.82) is 0 Å². The van der Waals surface area contributed by atoms with Crippen molar-refractivity contribution in [2.24, 2.45) is 0 Å². The summed E-state index contributed by atoms with van der Waals surface area (Å²) in [6.45, 7) is 1.63. The van der Waals surface area contributed by atoms with Crippen LogP contribution >= 0.6 is 23.2 Å². The fraction of sp³-hybridized carbons (Fsp3) is 0.154. The zero-order chi connectivity index (χ0) is 15.6. The molecule has 0 spiro atoms. The van der Waals surface area contributed by atoms with Gasteiger partial charge in [0.2, 0.25) is 5.91 Å². The second-order valence-electron chi connectivity index (χ2n) is 4.24. The van der Waals surface area contributed by atoms with Crippen molar-refractivity contribution in [1.82, 2.24) is 9.78 Å². The highest BCUT2D eigenvalue weighted by molar-refractivity contribution is 6.38. The summed E-state index contributed by atoms with van der Waals surface area (Å²) >= 11 is 11.8. The van der Waals surface area contributed by atoms with Gasteiger partial charge in [0.15, 0.2) is 0 Å². The lowest BCUT2D eigenvalue weighted by Crippen LogP contribution is -2.25. The highest BCUT2D eigenvalue weighted by atomic mass is 35.5. The molecule has 21 heavy (non-hydrogen) atoms. The van der Waals surface area contributed by atoms with E-state index in [2.05, 4.69) is 10.4 Å². The Labute approximate surface area is 130 Å². The van der Waals surface area contributed by atoms with Crippen molar-refractivity contribution in [2.75, 3.05) is 5.32 Å². The van der Waals surface area contributed by atoms with Crippen molar-refractivity contribution >= 4 is 40.8 Å². The summed E-state index contributed by atoms with van der Waals surface area (Å²) in [4.78, 5) is 23.4. The number of carbonyl (C=O) groups is 2. The number of nitrogens with zero attached hydrogens (tertiary/aromatic N) is 2. The third-order valence-corrected chi connectivity index (χ3v) is 3.50. The molecule has 110 valence electrons. The number of hydrogen-bond acceptors (Lipinski definition) is 3. The fourth-order valence-electron chi connectivity index (χ4n) is 1.74. The van der Waals surface area contributed by atoms with Crippen LogP contribution in [0.1, 0.15) is 23.3 Å². The van der Waals surface area contributed by atoms with E-state index >= 15 is 0 Å². The highest BCUT2D eigenvalue weighted by Crippen LogP contribution is 2.32. The van der Waals surface area contributed by atoms with Gasteiger partial charge in [0.25, 0.3) is 0 Å². The summed E-state index contributed by atoms with van der Waals surface area (Å²) in [7, 11) is 0. The van der Waals surface area contributed by atoms with E-state index in [1.54, 1.807) is 25.4 Å². The summed E-state index contributed by atoms with van der Waals surface area (Å²) in [6.07, 6.45) is 3.17. The minimum absolute atomic E-state index is 0.00561. The molecule has 1 aromatic heterocycles. The number of carboxylic acid groups (broad SMARTS) is 1. The standard InChI is InChI=1S/C13H11Cl2N3O3/c1-7(18-6-2-5-16-18)12(19)17-11-9(15)4-3-8(14)10(11)13(20)21/h2-7H,1H3,(H,17,19)(H,20,21). The Hall–Kier alpha value is -2.05. The first kappa shape index (κ1) is 15.3. The van der Waals surface area contributed by atoms with E-state index in [0.717, 1.165) is 0 Å². The fourth-order valence-corrected chi connectivity index (χ4v) is 2.18. The van der Waals surface area contributed by atoms with E-state index in [-0.39, 0.29) is 21.3 Å². The molecule has 0 fully saturated rings. The van der Waals surface area contributed by atoms with Gasteiger partial charge < -0.3 is 10.4 Å². The van der Waals surface area contributed by atoms with E-state index in [0.29, 0.717) is 0 Å². The molecule has 0 saturated carbocycles. The molecule has 0 aliphatic rings. The molecular formula is C13H11Cl2N3O3. The van der Waals surface area contributed by atoms with E-state index < -0.39 is 17.9 Å². The van der Waals surface area contributed by atoms with Crippen LogP contribution in [-0.2, 0) is 4.79 Å². The number of aromatic carboxylic acids is 1. The number of rotatable bonds is 4. The predicted octanol–water partition coefficient (Wildman–Crippen LogP) is 3.09. The first-order valence-corrected chi connectivity index (χ1v) is 6.68. The number of nitrogens with one attached hydrogen (secondary N) is 1. The predicted molar refractivity (Wildman–Crippen MR) is 79.0 cm³/mol. The van der Waals surface area contributed by atoms with Gasteiger partial charge in [0.1, 0.15) is 11.6 Å². The van der Waals surface area contributed by atoms with Gasteiger partial charge in [0.05, 0.1) is 15.7 Å². The summed E-state index contributed by atoms with van der Waals surface area (Å²) in [5.41, 5.74) is -0.272. The Morgan fingerprint density at radius 3 is 2.57 bits per heavy atom. The minimum atomic E-state index is -1.27. The lowest BCUT2D eigenvalue weighted by Gasteiger charge is -2.15. The lowest BCUT2D eigenvalue weighted by atomic mass is 10.1. The monoisotopic (exact) mass is 327 g/mol. The van der Waals surface area contributed by atoms with Crippen LogP contribution in [0, 0.1) is 0 Å². The quantitative estimate of drug-likeness (QED) is 0.903. The number of carbonyl (C=O) groups excluding carboxylic acids is 1. The average Bonchev–Trinajstić information content (AvgIpc) is 2.95. The summed E-state index contributed by atoms with van der Waals surface area (Å²) in [5.74, 6) is -1.73. The molecule has 2 N–H and O–H groups in total. The Bertz CT molecular complexity index is 686. The minimum Gasteiger partial charge on any atom is -0.478 e. The van der Waals surface area contributed by atoms with E-state index in [4.69, 9.17) is 23.2 Å². The normalized spacial score (nSPS) is 12.0. The van der Waals surface area contributed by atoms with Crippen LogP contribution in [0.5, 0.6) is 0 Å². The summed E-state index contributed by atoms with van der Waals surface area (Å²) < 4.78 is 1.44. The maximum absolute atomic E-state index is 12.2. The van der Waals surface area contributed by atoms with Gasteiger partial charge in [-0.3, -0.25) is 9.48 Å². The second-order valence-corrected chi connectivity index (χ2v) is 5.05. The van der Waals surface area contributed by atoms with E-state index in [1.807, 2.05) is 0 Å². The summed E-state index contributed by atoms with van der Waals surface area (Å²) in [6, 6.07) is 3.83. The van der Waals surface area contributed by atoms with Gasteiger partial charge in [-0.2, -0.15) is 5.10 Å². The molecule has 0 saturated heterocycles. The summed E-state index contributed by atoms with van der Waals surface area (Å²) in [5, 5.41) is 15.7. The first-order valence-electron chi connectivity index (χ1n) is 5.93. The molecule has 0 radical (unpaired) electrons. The van der Waals surface area contributed by atoms with Gasteiger partial charge in [0, 0.05) is 12.4 Å². The second kappa shape index (κ2) is 6.15. The van der Waals surface area contributed by atoms with Crippen LogP contribution in [0.15, 0.2) is 30.6 Å². The van der Waals surface area contributed by atoms with Gasteiger partial charge in [-0.25, -0.2) is 4.79 Å². The SMILES string of the molecule is CC(C(=O)Nc1c(Cl)ccc(Cl)c1C(=O)O)n1cccn1. The Kier molecular flexibility index (Phi) is 4.50. The molecule has 0 bridgehead atoms. The molecule has 1 amide bonds. The number of halogens is 2. The Balaban J connectivity index is 2.33. The van der Waals surface area contributed by atoms with Crippen molar-refractivity contribution in [3.63, 3.8) is 0 Å². The van der Waals surface area contributed by atoms with E-state index in [9.17, 15) is 14.7 Å². The maximum Gasteiger partial charge on any atom is 0.339 e. The molecule has 1 atom stereocenters. The Morgan fingerprint density at radius 1 is 1.33 bits per heavy atom. The molecule has 1 aromatic carbocycles. The van der Waals surface area contributed by atoms with Gasteiger partial charge in [-0.15, -0.1) is 0 Å². The van der Waals surface area contributed by atoms with Crippen LogP contribution in [-0.4, -0.2) is 26.8 Å². The molecule has 1 heterocycles. The van der Waals surface area contributed by atoms with E-state index in [1.165, 1.54) is 16.8 Å². The van der Waals surface area contributed by atoms with Crippen molar-refractivity contribution in [3.8, 4) is 0 Å². The number of aromatic nitrogens is 2. The molecule has 0 aliphatic heterocycles. The van der Waals surface area contributed by atoms with Crippen molar-refractivity contribution in [2.45, 2.75) is 13.0 Å². The van der Waals surface area contributed by atoms with Gasteiger partial charge in [-0.05, 0) is 25.1 Å². The van der Waals surface area contributed by atoms with Gasteiger partial charge >= 0.3 is 5.97 Å². The molecule has 2 rings (SSSR count). The molecule has 6 nitrogen and oxygen atoms in total. The molecular weight excluding hydrogens is 317 g/mol. The van der Waals surface area contributed by atoms with Crippen LogP contribution in [0.4, 0.5) is 5.69 Å². The third-order valence-electron chi connectivity index (χ3n) is 2.87. The Morgan fingerprint density at radius 2 is 2.00 bits per heavy atom. The number of amides is 1. The maximum atomic E-state index is 12.2. The molecule has 2 aromatic rings. The number of hydrogen-bond donors (Lipinski definition) is 2. The average molecular weight is 328 g/mol. The zero-order valence-corrected chi connectivity index (χ0v) is 12.4. The van der Waals surface area contributed by atoms with Crippen LogP contribution in [0.25, 0.3) is 0 Å². The van der Waals surface area contributed by atoms with Crippen molar-refractivity contribution < 1.29 is 14.7 Å². The smallest absolute Gasteiger partial charge is 0.339 e. The first-order chi connectivity index (χ1) is 9.91. The largest absolute Gasteiger partial charge is 0.478 e. The number of anilines is 1. The lowest BCUT2D eigenvalue weighted by molar-refractivity contribution is -0.119. The molecule has 0 aliphatic carbocycles. The van der Waals surface area contributed by atoms with Crippen LogP contribution in [0.2, 0.25) is 10.0 Å². The topological polar surface area (TPSA) is 84.2 Å². The van der Waals surface area contributed by atoms with Crippen LogP contribution in [0.3, 0.4) is 0 Å². The zero-order valence-electron chi connectivity index (χ0n) is 10.9. The molecule has 1 unspecified atom stereocenters. The van der Waals surface area contributed by atoms with Crippen LogP contribution < -0.4 is 5.32 Å². The highest BCUT2D eigenvalue weighted by Gasteiger charge is 2.22. The number of benzene rings is 1. The van der Waals surface area contributed by atoms with Crippen molar-refractivity contribution in [3.05, 3.63) is 46.2 Å². The van der Waals surface area contributed by atoms with Gasteiger partial charge in [-0.1, -0.05) is 23.2 Å². The third kappa shape index (κ3) is 3.17. The number of carboxylic acids is 1.